The Morgan fingerprint density at radius 3 is 2.57 bits per heavy atom. The lowest BCUT2D eigenvalue weighted by Gasteiger charge is -2.02. The smallest absolute Gasteiger partial charge is 0.102 e. The molecule has 1 aromatic carbocycles. The minimum absolute atomic E-state index is 0.617. The fraction of sp³-hybridized carbons (Fsp3) is 0.333. The van der Waals surface area contributed by atoms with Crippen LogP contribution >= 0.6 is 11.8 Å². The SMILES string of the molecule is OC1=C(SCc2ccccc2)CCC1. The van der Waals surface area contributed by atoms with Crippen LogP contribution in [0.2, 0.25) is 0 Å². The van der Waals surface area contributed by atoms with Crippen molar-refractivity contribution < 1.29 is 5.11 Å². The van der Waals surface area contributed by atoms with Crippen molar-refractivity contribution in [2.24, 2.45) is 0 Å². The maximum atomic E-state index is 9.53. The summed E-state index contributed by atoms with van der Waals surface area (Å²) in [6.45, 7) is 0. The van der Waals surface area contributed by atoms with E-state index in [2.05, 4.69) is 24.3 Å². The van der Waals surface area contributed by atoms with Gasteiger partial charge in [0, 0.05) is 17.1 Å². The highest BCUT2D eigenvalue weighted by Crippen LogP contribution is 2.34. The Bertz CT molecular complexity index is 329. The average Bonchev–Trinajstić information content (AvgIpc) is 2.63. The van der Waals surface area contributed by atoms with Crippen molar-refractivity contribution in [2.45, 2.75) is 25.0 Å². The monoisotopic (exact) mass is 206 g/mol. The summed E-state index contributed by atoms with van der Waals surface area (Å²) in [6.07, 6.45) is 3.05. The molecule has 14 heavy (non-hydrogen) atoms. The number of hydrogen-bond donors (Lipinski definition) is 1. The Morgan fingerprint density at radius 1 is 1.14 bits per heavy atom. The van der Waals surface area contributed by atoms with Crippen molar-refractivity contribution in [3.8, 4) is 0 Å². The van der Waals surface area contributed by atoms with Crippen LogP contribution in [0.25, 0.3) is 0 Å². The summed E-state index contributed by atoms with van der Waals surface area (Å²) in [6, 6.07) is 10.4. The standard InChI is InChI=1S/C12H14OS/c13-11-7-4-8-12(11)14-9-10-5-2-1-3-6-10/h1-3,5-6,13H,4,7-9H2. The van der Waals surface area contributed by atoms with Crippen molar-refractivity contribution in [1.82, 2.24) is 0 Å². The summed E-state index contributed by atoms with van der Waals surface area (Å²) in [5, 5.41) is 9.53. The molecule has 0 amide bonds. The van der Waals surface area contributed by atoms with Gasteiger partial charge in [-0.15, -0.1) is 11.8 Å². The summed E-state index contributed by atoms with van der Waals surface area (Å²) in [5.74, 6) is 1.59. The lowest BCUT2D eigenvalue weighted by molar-refractivity contribution is 0.396. The van der Waals surface area contributed by atoms with Crippen LogP contribution in [0, 0.1) is 0 Å². The molecule has 0 heterocycles. The van der Waals surface area contributed by atoms with E-state index >= 15 is 0 Å². The van der Waals surface area contributed by atoms with Crippen molar-refractivity contribution >= 4 is 11.8 Å². The quantitative estimate of drug-likeness (QED) is 0.810. The molecule has 1 aromatic rings. The van der Waals surface area contributed by atoms with E-state index in [4.69, 9.17) is 0 Å². The maximum Gasteiger partial charge on any atom is 0.102 e. The lowest BCUT2D eigenvalue weighted by Crippen LogP contribution is -1.81. The lowest BCUT2D eigenvalue weighted by atomic mass is 10.2. The molecule has 0 atom stereocenters. The number of allylic oxidation sites excluding steroid dienone is 2. The van der Waals surface area contributed by atoms with Gasteiger partial charge in [0.2, 0.25) is 0 Å². The normalized spacial score (nSPS) is 16.3. The number of aliphatic hydroxyl groups is 1. The van der Waals surface area contributed by atoms with Crippen molar-refractivity contribution in [2.75, 3.05) is 0 Å². The molecule has 0 saturated heterocycles. The largest absolute Gasteiger partial charge is 0.511 e. The molecule has 0 aliphatic heterocycles. The van der Waals surface area contributed by atoms with Crippen LogP contribution < -0.4 is 0 Å². The van der Waals surface area contributed by atoms with Gasteiger partial charge >= 0.3 is 0 Å². The molecule has 2 rings (SSSR count). The Kier molecular flexibility index (Phi) is 3.14. The van der Waals surface area contributed by atoms with Crippen LogP contribution in [-0.2, 0) is 5.75 Å². The number of thioether (sulfide) groups is 1. The van der Waals surface area contributed by atoms with Gasteiger partial charge in [0.05, 0.1) is 0 Å². The van der Waals surface area contributed by atoms with Gasteiger partial charge in [-0.25, -0.2) is 0 Å². The second-order valence-corrected chi connectivity index (χ2v) is 4.57. The van der Waals surface area contributed by atoms with Gasteiger partial charge in [-0.1, -0.05) is 30.3 Å². The summed E-state index contributed by atoms with van der Waals surface area (Å²) in [7, 11) is 0. The third-order valence-corrected chi connectivity index (χ3v) is 3.66. The Labute approximate surface area is 88.8 Å². The van der Waals surface area contributed by atoms with Gasteiger partial charge in [-0.3, -0.25) is 0 Å². The molecule has 0 fully saturated rings. The van der Waals surface area contributed by atoms with Gasteiger partial charge in [-0.2, -0.15) is 0 Å². The van der Waals surface area contributed by atoms with E-state index in [1.165, 1.54) is 10.5 Å². The molecule has 1 nitrogen and oxygen atoms in total. The van der Waals surface area contributed by atoms with Crippen molar-refractivity contribution in [3.63, 3.8) is 0 Å². The molecule has 0 spiro atoms. The Morgan fingerprint density at radius 2 is 1.93 bits per heavy atom. The molecule has 0 aromatic heterocycles. The van der Waals surface area contributed by atoms with E-state index in [9.17, 15) is 5.11 Å². The van der Waals surface area contributed by atoms with Gasteiger partial charge in [-0.05, 0) is 18.4 Å². The molecular weight excluding hydrogens is 192 g/mol. The minimum atomic E-state index is 0.617. The molecule has 1 N–H and O–H groups in total. The van der Waals surface area contributed by atoms with Crippen LogP contribution in [0.5, 0.6) is 0 Å². The first-order valence-electron chi connectivity index (χ1n) is 4.94. The van der Waals surface area contributed by atoms with Crippen LogP contribution in [-0.4, -0.2) is 5.11 Å². The molecule has 0 saturated carbocycles. The van der Waals surface area contributed by atoms with E-state index in [1.54, 1.807) is 11.8 Å². The van der Waals surface area contributed by atoms with Crippen LogP contribution in [0.1, 0.15) is 24.8 Å². The molecule has 0 radical (unpaired) electrons. The Balaban J connectivity index is 1.92. The third-order valence-electron chi connectivity index (χ3n) is 2.40. The fourth-order valence-corrected chi connectivity index (χ4v) is 2.69. The highest BCUT2D eigenvalue weighted by molar-refractivity contribution is 8.02. The van der Waals surface area contributed by atoms with Gasteiger partial charge in [0.15, 0.2) is 0 Å². The second kappa shape index (κ2) is 4.56. The van der Waals surface area contributed by atoms with E-state index in [0.717, 1.165) is 25.0 Å². The second-order valence-electron chi connectivity index (χ2n) is 3.50. The number of hydrogen-bond acceptors (Lipinski definition) is 2. The van der Waals surface area contributed by atoms with Crippen molar-refractivity contribution in [1.29, 1.82) is 0 Å². The van der Waals surface area contributed by atoms with E-state index in [1.807, 2.05) is 6.07 Å². The summed E-state index contributed by atoms with van der Waals surface area (Å²) >= 11 is 1.77. The van der Waals surface area contributed by atoms with Crippen molar-refractivity contribution in [3.05, 3.63) is 46.6 Å². The first kappa shape index (κ1) is 9.66. The minimum Gasteiger partial charge on any atom is -0.511 e. The molecule has 0 bridgehead atoms. The predicted molar refractivity (Wildman–Crippen MR) is 61.2 cm³/mol. The van der Waals surface area contributed by atoms with E-state index in [-0.39, 0.29) is 0 Å². The first-order chi connectivity index (χ1) is 6.86. The first-order valence-corrected chi connectivity index (χ1v) is 5.92. The number of benzene rings is 1. The maximum absolute atomic E-state index is 9.53. The third kappa shape index (κ3) is 2.32. The van der Waals surface area contributed by atoms with Crippen LogP contribution in [0.4, 0.5) is 0 Å². The zero-order valence-corrected chi connectivity index (χ0v) is 8.89. The van der Waals surface area contributed by atoms with Gasteiger partial charge in [0.1, 0.15) is 5.76 Å². The molecule has 2 heteroatoms. The number of aliphatic hydroxyl groups excluding tert-OH is 1. The molecule has 74 valence electrons. The summed E-state index contributed by atoms with van der Waals surface area (Å²) in [5.41, 5.74) is 1.32. The predicted octanol–water partition coefficient (Wildman–Crippen LogP) is 3.87. The zero-order valence-electron chi connectivity index (χ0n) is 8.07. The van der Waals surface area contributed by atoms with Gasteiger partial charge in [0.25, 0.3) is 0 Å². The zero-order chi connectivity index (χ0) is 9.80. The molecule has 1 aliphatic carbocycles. The Hall–Kier alpha value is -0.890. The highest BCUT2D eigenvalue weighted by atomic mass is 32.2. The highest BCUT2D eigenvalue weighted by Gasteiger charge is 2.13. The van der Waals surface area contributed by atoms with Crippen LogP contribution in [0.3, 0.4) is 0 Å². The molecular formula is C12H14OS. The van der Waals surface area contributed by atoms with Gasteiger partial charge < -0.3 is 5.11 Å². The van der Waals surface area contributed by atoms with Crippen LogP contribution in [0.15, 0.2) is 41.0 Å². The molecule has 1 aliphatic rings. The molecule has 0 unspecified atom stereocenters. The summed E-state index contributed by atoms with van der Waals surface area (Å²) in [4.78, 5) is 1.19. The average molecular weight is 206 g/mol. The summed E-state index contributed by atoms with van der Waals surface area (Å²) < 4.78 is 0. The number of rotatable bonds is 3. The topological polar surface area (TPSA) is 20.2 Å². The van der Waals surface area contributed by atoms with E-state index in [0.29, 0.717) is 5.76 Å². The fourth-order valence-electron chi connectivity index (χ4n) is 1.60. The van der Waals surface area contributed by atoms with E-state index < -0.39 is 0 Å².